The van der Waals surface area contributed by atoms with Gasteiger partial charge in [-0.2, -0.15) is 0 Å². The monoisotopic (exact) mass is 514 g/mol. The minimum Gasteiger partial charge on any atom is -0.443 e. The Hall–Kier alpha value is -1.51. The number of rotatable bonds is 6. The number of nitrogens with zero attached hydrogens (tertiary/aromatic N) is 2. The van der Waals surface area contributed by atoms with Gasteiger partial charge in [0.25, 0.3) is 0 Å². The number of nitrogens with one attached hydrogen (secondary N) is 2. The fraction of sp³-hybridized carbons (Fsp3) is 0.636. The largest absolute Gasteiger partial charge is 0.443 e. The van der Waals surface area contributed by atoms with E-state index in [1.807, 2.05) is 31.7 Å². The molecule has 0 atom stereocenters. The molecular formula is C22H35IN4O2. The van der Waals surface area contributed by atoms with Crippen molar-refractivity contribution in [2.24, 2.45) is 4.99 Å². The van der Waals surface area contributed by atoms with Gasteiger partial charge in [-0.1, -0.05) is 12.1 Å². The summed E-state index contributed by atoms with van der Waals surface area (Å²) in [5, 5.41) is 6.73. The fourth-order valence-electron chi connectivity index (χ4n) is 3.09. The molecule has 0 radical (unpaired) electrons. The number of aryl methyl sites for hydroxylation is 1. The molecule has 3 rings (SSSR count). The Kier molecular flexibility index (Phi) is 8.19. The van der Waals surface area contributed by atoms with Gasteiger partial charge in [-0.15, -0.1) is 24.0 Å². The number of hydrogen-bond acceptors (Lipinski definition) is 3. The quantitative estimate of drug-likeness (QED) is 0.327. The Morgan fingerprint density at radius 1 is 1.24 bits per heavy atom. The molecule has 0 spiro atoms. The standard InChI is InChI=1S/C22H34N4O2.HI/c1-6-23-20(25-17-8-9-17)24-14-16-7-12-19(15(2)13-16)26(18-10-11-18)21(27)28-22(3,4)5;/h7,12-13,17-18H,6,8-11,14H2,1-5H3,(H2,23,24,25);1H. The van der Waals surface area contributed by atoms with Crippen molar-refractivity contribution in [3.8, 4) is 0 Å². The Labute approximate surface area is 191 Å². The van der Waals surface area contributed by atoms with Crippen LogP contribution in [0.3, 0.4) is 0 Å². The van der Waals surface area contributed by atoms with Crippen LogP contribution in [-0.2, 0) is 11.3 Å². The van der Waals surface area contributed by atoms with E-state index in [4.69, 9.17) is 9.73 Å². The summed E-state index contributed by atoms with van der Waals surface area (Å²) < 4.78 is 5.64. The van der Waals surface area contributed by atoms with Crippen LogP contribution in [0.4, 0.5) is 10.5 Å². The smallest absolute Gasteiger partial charge is 0.415 e. The Morgan fingerprint density at radius 3 is 2.45 bits per heavy atom. The summed E-state index contributed by atoms with van der Waals surface area (Å²) in [7, 11) is 0. The lowest BCUT2D eigenvalue weighted by atomic mass is 10.1. The van der Waals surface area contributed by atoms with Gasteiger partial charge in [0, 0.05) is 18.6 Å². The van der Waals surface area contributed by atoms with Crippen molar-refractivity contribution in [1.29, 1.82) is 0 Å². The number of aliphatic imine (C=N–C) groups is 1. The van der Waals surface area contributed by atoms with Crippen molar-refractivity contribution < 1.29 is 9.53 Å². The van der Waals surface area contributed by atoms with E-state index in [-0.39, 0.29) is 36.1 Å². The van der Waals surface area contributed by atoms with Crippen molar-refractivity contribution in [2.75, 3.05) is 11.4 Å². The number of amides is 1. The van der Waals surface area contributed by atoms with Gasteiger partial charge in [0.15, 0.2) is 5.96 Å². The van der Waals surface area contributed by atoms with Crippen molar-refractivity contribution in [1.82, 2.24) is 10.6 Å². The Balaban J connectivity index is 0.00000300. The van der Waals surface area contributed by atoms with E-state index in [0.29, 0.717) is 12.6 Å². The van der Waals surface area contributed by atoms with Gasteiger partial charge in [-0.25, -0.2) is 9.79 Å². The third kappa shape index (κ3) is 7.35. The van der Waals surface area contributed by atoms with Gasteiger partial charge in [-0.3, -0.25) is 4.90 Å². The zero-order chi connectivity index (χ0) is 20.3. The molecule has 1 aromatic rings. The summed E-state index contributed by atoms with van der Waals surface area (Å²) in [6.45, 7) is 11.3. The lowest BCUT2D eigenvalue weighted by Gasteiger charge is -2.28. The number of carbonyl (C=O) groups is 1. The normalized spacial score (nSPS) is 16.7. The number of benzene rings is 1. The Morgan fingerprint density at radius 2 is 1.93 bits per heavy atom. The van der Waals surface area contributed by atoms with Crippen LogP contribution in [-0.4, -0.2) is 36.3 Å². The summed E-state index contributed by atoms with van der Waals surface area (Å²) in [5.74, 6) is 0.875. The van der Waals surface area contributed by atoms with Crippen LogP contribution in [0, 0.1) is 6.92 Å². The summed E-state index contributed by atoms with van der Waals surface area (Å²) in [6, 6.07) is 7.04. The van der Waals surface area contributed by atoms with Gasteiger partial charge in [0.05, 0.1) is 12.2 Å². The summed E-state index contributed by atoms with van der Waals surface area (Å²) in [5.41, 5.74) is 2.65. The van der Waals surface area contributed by atoms with E-state index >= 15 is 0 Å². The highest BCUT2D eigenvalue weighted by molar-refractivity contribution is 14.0. The average Bonchev–Trinajstić information content (AvgIpc) is 3.48. The molecule has 2 aliphatic carbocycles. The van der Waals surface area contributed by atoms with Crippen molar-refractivity contribution >= 4 is 41.7 Å². The number of guanidine groups is 1. The first-order chi connectivity index (χ1) is 13.3. The van der Waals surface area contributed by atoms with Gasteiger partial charge in [0.2, 0.25) is 0 Å². The van der Waals surface area contributed by atoms with Crippen LogP contribution in [0.2, 0.25) is 0 Å². The number of anilines is 1. The molecular weight excluding hydrogens is 479 g/mol. The summed E-state index contributed by atoms with van der Waals surface area (Å²) >= 11 is 0. The van der Waals surface area contributed by atoms with E-state index in [1.165, 1.54) is 12.8 Å². The lowest BCUT2D eigenvalue weighted by molar-refractivity contribution is 0.0577. The van der Waals surface area contributed by atoms with Crippen LogP contribution < -0.4 is 15.5 Å². The molecule has 162 valence electrons. The molecule has 7 heteroatoms. The molecule has 0 aliphatic heterocycles. The summed E-state index contributed by atoms with van der Waals surface area (Å²) in [6.07, 6.45) is 4.25. The maximum atomic E-state index is 12.7. The van der Waals surface area contributed by atoms with E-state index in [1.54, 1.807) is 0 Å². The highest BCUT2D eigenvalue weighted by atomic mass is 127. The molecule has 2 N–H and O–H groups in total. The molecule has 6 nitrogen and oxygen atoms in total. The zero-order valence-corrected chi connectivity index (χ0v) is 20.6. The van der Waals surface area contributed by atoms with Crippen LogP contribution in [0.15, 0.2) is 23.2 Å². The van der Waals surface area contributed by atoms with E-state index < -0.39 is 5.60 Å². The maximum absolute atomic E-state index is 12.7. The fourth-order valence-corrected chi connectivity index (χ4v) is 3.09. The lowest BCUT2D eigenvalue weighted by Crippen LogP contribution is -2.38. The molecule has 0 saturated heterocycles. The zero-order valence-electron chi connectivity index (χ0n) is 18.2. The molecule has 0 bridgehead atoms. The number of ether oxygens (including phenoxy) is 1. The van der Waals surface area contributed by atoms with Crippen LogP contribution in [0.1, 0.15) is 64.5 Å². The highest BCUT2D eigenvalue weighted by Gasteiger charge is 2.37. The molecule has 0 aromatic heterocycles. The third-order valence-corrected chi connectivity index (χ3v) is 4.71. The second-order valence-electron chi connectivity index (χ2n) is 8.82. The van der Waals surface area contributed by atoms with E-state index in [0.717, 1.165) is 42.2 Å². The van der Waals surface area contributed by atoms with E-state index in [9.17, 15) is 4.79 Å². The second-order valence-corrected chi connectivity index (χ2v) is 8.82. The first-order valence-corrected chi connectivity index (χ1v) is 10.4. The van der Waals surface area contributed by atoms with Gasteiger partial charge >= 0.3 is 6.09 Å². The van der Waals surface area contributed by atoms with Crippen LogP contribution in [0.5, 0.6) is 0 Å². The second kappa shape index (κ2) is 10.00. The van der Waals surface area contributed by atoms with Crippen molar-refractivity contribution in [3.63, 3.8) is 0 Å². The summed E-state index contributed by atoms with van der Waals surface area (Å²) in [4.78, 5) is 19.3. The van der Waals surface area contributed by atoms with Crippen LogP contribution in [0.25, 0.3) is 0 Å². The number of halogens is 1. The SMILES string of the molecule is CCNC(=NCc1ccc(N(C(=O)OC(C)(C)C)C2CC2)c(C)c1)NC1CC1.I. The topological polar surface area (TPSA) is 66.0 Å². The molecule has 29 heavy (non-hydrogen) atoms. The molecule has 0 unspecified atom stereocenters. The molecule has 2 saturated carbocycles. The molecule has 1 amide bonds. The number of hydrogen-bond donors (Lipinski definition) is 2. The van der Waals surface area contributed by atoms with Crippen molar-refractivity contribution in [3.05, 3.63) is 29.3 Å². The number of carbonyl (C=O) groups excluding carboxylic acids is 1. The van der Waals surface area contributed by atoms with Gasteiger partial charge in [-0.05, 0) is 77.5 Å². The third-order valence-electron chi connectivity index (χ3n) is 4.71. The molecule has 2 fully saturated rings. The highest BCUT2D eigenvalue weighted by Crippen LogP contribution is 2.35. The van der Waals surface area contributed by atoms with Crippen molar-refractivity contribution in [2.45, 2.75) is 84.5 Å². The first-order valence-electron chi connectivity index (χ1n) is 10.4. The molecule has 2 aliphatic rings. The molecule has 1 aromatic carbocycles. The van der Waals surface area contributed by atoms with E-state index in [2.05, 4.69) is 36.6 Å². The minimum absolute atomic E-state index is 0. The predicted octanol–water partition coefficient (Wildman–Crippen LogP) is 4.73. The molecule has 0 heterocycles. The first kappa shape index (κ1) is 23.8. The Bertz CT molecular complexity index is 737. The van der Waals surface area contributed by atoms with Gasteiger partial charge in [0.1, 0.15) is 5.60 Å². The average molecular weight is 514 g/mol. The van der Waals surface area contributed by atoms with Crippen LogP contribution >= 0.6 is 24.0 Å². The van der Waals surface area contributed by atoms with Gasteiger partial charge < -0.3 is 15.4 Å². The minimum atomic E-state index is -0.496. The maximum Gasteiger partial charge on any atom is 0.415 e. The predicted molar refractivity (Wildman–Crippen MR) is 129 cm³/mol.